The van der Waals surface area contributed by atoms with Crippen molar-refractivity contribution in [3.8, 4) is 0 Å². The second-order valence-electron chi connectivity index (χ2n) is 4.56. The van der Waals surface area contributed by atoms with Gasteiger partial charge in [-0.25, -0.2) is 0 Å². The van der Waals surface area contributed by atoms with E-state index in [4.69, 9.17) is 5.73 Å². The summed E-state index contributed by atoms with van der Waals surface area (Å²) in [7, 11) is 1.98. The molecule has 0 saturated heterocycles. The molecule has 5 heteroatoms. The Labute approximate surface area is 130 Å². The van der Waals surface area contributed by atoms with Crippen LogP contribution in [-0.4, -0.2) is 9.78 Å². The van der Waals surface area contributed by atoms with E-state index < -0.39 is 0 Å². The third-order valence-corrected chi connectivity index (χ3v) is 4.76. The average Bonchev–Trinajstić information content (AvgIpc) is 2.75. The zero-order valence-electron chi connectivity index (χ0n) is 11.0. The van der Waals surface area contributed by atoms with Gasteiger partial charge in [-0.1, -0.05) is 34.1 Å². The molecule has 0 radical (unpaired) electrons. The number of aromatic nitrogens is 2. The van der Waals surface area contributed by atoms with Crippen molar-refractivity contribution in [3.05, 3.63) is 52.6 Å². The van der Waals surface area contributed by atoms with E-state index in [2.05, 4.69) is 33.2 Å². The van der Waals surface area contributed by atoms with Gasteiger partial charge < -0.3 is 5.73 Å². The summed E-state index contributed by atoms with van der Waals surface area (Å²) in [6.07, 6.45) is 0. The number of rotatable bonds is 3. The summed E-state index contributed by atoms with van der Waals surface area (Å²) in [4.78, 5) is 1.09. The van der Waals surface area contributed by atoms with Crippen LogP contribution in [0.3, 0.4) is 0 Å². The zero-order valence-corrected chi connectivity index (χ0v) is 13.4. The van der Waals surface area contributed by atoms with Gasteiger partial charge in [-0.2, -0.15) is 5.10 Å². The van der Waals surface area contributed by atoms with Gasteiger partial charge in [0.15, 0.2) is 0 Å². The number of benzene rings is 2. The van der Waals surface area contributed by atoms with Crippen LogP contribution < -0.4 is 5.73 Å². The molecule has 0 atom stereocenters. The molecule has 20 heavy (non-hydrogen) atoms. The monoisotopic (exact) mass is 347 g/mol. The number of fused-ring (bicyclic) bond motifs is 1. The van der Waals surface area contributed by atoms with Crippen LogP contribution in [-0.2, 0) is 12.8 Å². The molecule has 1 aromatic heterocycles. The summed E-state index contributed by atoms with van der Waals surface area (Å²) >= 11 is 5.14. The Morgan fingerprint density at radius 2 is 2.05 bits per heavy atom. The second kappa shape index (κ2) is 5.50. The van der Waals surface area contributed by atoms with Crippen LogP contribution in [0.4, 0.5) is 5.69 Å². The summed E-state index contributed by atoms with van der Waals surface area (Å²) in [5.74, 6) is 0.813. The lowest BCUT2D eigenvalue weighted by Crippen LogP contribution is -1.92. The van der Waals surface area contributed by atoms with Gasteiger partial charge in [0, 0.05) is 33.2 Å². The van der Waals surface area contributed by atoms with E-state index in [0.717, 1.165) is 32.0 Å². The maximum atomic E-state index is 6.03. The second-order valence-corrected chi connectivity index (χ2v) is 6.49. The molecular formula is C15H14BrN3S. The summed E-state index contributed by atoms with van der Waals surface area (Å²) in [5, 5.41) is 5.80. The molecule has 3 nitrogen and oxygen atoms in total. The number of anilines is 1. The van der Waals surface area contributed by atoms with Gasteiger partial charge in [0.05, 0.1) is 11.2 Å². The molecule has 2 N–H and O–H groups in total. The van der Waals surface area contributed by atoms with Crippen LogP contribution in [0.15, 0.2) is 51.8 Å². The minimum absolute atomic E-state index is 0.796. The summed E-state index contributed by atoms with van der Waals surface area (Å²) < 4.78 is 2.93. The molecule has 0 aliphatic heterocycles. The maximum absolute atomic E-state index is 6.03. The van der Waals surface area contributed by atoms with Crippen molar-refractivity contribution >= 4 is 44.3 Å². The molecule has 2 aromatic carbocycles. The molecule has 0 aliphatic carbocycles. The fourth-order valence-electron chi connectivity index (χ4n) is 2.19. The van der Waals surface area contributed by atoms with E-state index >= 15 is 0 Å². The van der Waals surface area contributed by atoms with Gasteiger partial charge in [-0.3, -0.25) is 4.68 Å². The normalized spacial score (nSPS) is 11.1. The average molecular weight is 348 g/mol. The first kappa shape index (κ1) is 13.5. The van der Waals surface area contributed by atoms with Crippen LogP contribution in [0.25, 0.3) is 10.9 Å². The molecule has 3 aromatic rings. The first-order valence-corrected chi connectivity index (χ1v) is 8.01. The highest BCUT2D eigenvalue weighted by molar-refractivity contribution is 9.10. The Hall–Kier alpha value is -1.46. The Bertz CT molecular complexity index is 767. The van der Waals surface area contributed by atoms with Gasteiger partial charge >= 0.3 is 0 Å². The first-order chi connectivity index (χ1) is 9.65. The predicted molar refractivity (Wildman–Crippen MR) is 88.8 cm³/mol. The van der Waals surface area contributed by atoms with Crippen molar-refractivity contribution in [2.45, 2.75) is 10.6 Å². The van der Waals surface area contributed by atoms with Crippen molar-refractivity contribution in [1.82, 2.24) is 9.78 Å². The molecule has 0 aliphatic rings. The van der Waals surface area contributed by atoms with E-state index in [0.29, 0.717) is 0 Å². The summed E-state index contributed by atoms with van der Waals surface area (Å²) in [6.45, 7) is 0. The number of halogens is 1. The molecule has 0 amide bonds. The number of nitrogen functional groups attached to an aromatic ring is 1. The van der Waals surface area contributed by atoms with Gasteiger partial charge in [-0.15, -0.1) is 11.8 Å². The number of hydrogen-bond acceptors (Lipinski definition) is 3. The number of para-hydroxylation sites is 1. The van der Waals surface area contributed by atoms with E-state index in [1.807, 2.05) is 42.1 Å². The number of hydrogen-bond donors (Lipinski definition) is 1. The lowest BCUT2D eigenvalue weighted by atomic mass is 10.2. The quantitative estimate of drug-likeness (QED) is 0.570. The number of aryl methyl sites for hydroxylation is 1. The lowest BCUT2D eigenvalue weighted by molar-refractivity contribution is 0.781. The van der Waals surface area contributed by atoms with Gasteiger partial charge in [0.1, 0.15) is 0 Å². The van der Waals surface area contributed by atoms with Crippen molar-refractivity contribution in [1.29, 1.82) is 0 Å². The third-order valence-electron chi connectivity index (χ3n) is 3.17. The smallest absolute Gasteiger partial charge is 0.0805 e. The van der Waals surface area contributed by atoms with Crippen molar-refractivity contribution in [3.63, 3.8) is 0 Å². The Morgan fingerprint density at radius 3 is 2.85 bits per heavy atom. The van der Waals surface area contributed by atoms with Crippen LogP contribution in [0, 0.1) is 0 Å². The molecule has 0 spiro atoms. The van der Waals surface area contributed by atoms with E-state index in [-0.39, 0.29) is 0 Å². The van der Waals surface area contributed by atoms with E-state index in [1.54, 1.807) is 11.8 Å². The standard InChI is InChI=1S/C15H14BrN3S/c1-19-14-5-3-2-4-11(14)13(18-19)9-20-15-7-6-10(16)8-12(15)17/h2-8H,9,17H2,1H3. The molecular weight excluding hydrogens is 334 g/mol. The molecule has 102 valence electrons. The van der Waals surface area contributed by atoms with Crippen LogP contribution in [0.5, 0.6) is 0 Å². The SMILES string of the molecule is Cn1nc(CSc2ccc(Br)cc2N)c2ccccc21. The highest BCUT2D eigenvalue weighted by Gasteiger charge is 2.09. The Morgan fingerprint density at radius 1 is 1.25 bits per heavy atom. The summed E-state index contributed by atoms with van der Waals surface area (Å²) in [6, 6.07) is 14.3. The van der Waals surface area contributed by atoms with Gasteiger partial charge in [0.2, 0.25) is 0 Å². The van der Waals surface area contributed by atoms with E-state index in [9.17, 15) is 0 Å². The fourth-order valence-corrected chi connectivity index (χ4v) is 3.47. The summed E-state index contributed by atoms with van der Waals surface area (Å²) in [5.41, 5.74) is 9.08. The maximum Gasteiger partial charge on any atom is 0.0805 e. The van der Waals surface area contributed by atoms with Gasteiger partial charge in [-0.05, 0) is 24.3 Å². The molecule has 3 rings (SSSR count). The highest BCUT2D eigenvalue weighted by atomic mass is 79.9. The molecule has 0 saturated carbocycles. The Kier molecular flexibility index (Phi) is 3.72. The Balaban J connectivity index is 1.87. The largest absolute Gasteiger partial charge is 0.398 e. The zero-order chi connectivity index (χ0) is 14.1. The molecule has 1 heterocycles. The number of nitrogens with zero attached hydrogens (tertiary/aromatic N) is 2. The first-order valence-electron chi connectivity index (χ1n) is 6.23. The van der Waals surface area contributed by atoms with Crippen LogP contribution in [0.2, 0.25) is 0 Å². The van der Waals surface area contributed by atoms with E-state index in [1.165, 1.54) is 5.39 Å². The predicted octanol–water partition coefficient (Wildman–Crippen LogP) is 4.21. The number of nitrogens with two attached hydrogens (primary N) is 1. The van der Waals surface area contributed by atoms with Gasteiger partial charge in [0.25, 0.3) is 0 Å². The molecule has 0 unspecified atom stereocenters. The van der Waals surface area contributed by atoms with Crippen molar-refractivity contribution in [2.75, 3.05) is 5.73 Å². The third kappa shape index (κ3) is 2.55. The molecule has 0 fully saturated rings. The molecule has 0 bridgehead atoms. The highest BCUT2D eigenvalue weighted by Crippen LogP contribution is 2.31. The minimum atomic E-state index is 0.796. The number of thioether (sulfide) groups is 1. The van der Waals surface area contributed by atoms with Crippen LogP contribution in [0.1, 0.15) is 5.69 Å². The topological polar surface area (TPSA) is 43.8 Å². The fraction of sp³-hybridized carbons (Fsp3) is 0.133. The lowest BCUT2D eigenvalue weighted by Gasteiger charge is -2.04. The van der Waals surface area contributed by atoms with Crippen LogP contribution >= 0.6 is 27.7 Å². The van der Waals surface area contributed by atoms with Crippen molar-refractivity contribution < 1.29 is 0 Å². The van der Waals surface area contributed by atoms with Crippen molar-refractivity contribution in [2.24, 2.45) is 7.05 Å². The minimum Gasteiger partial charge on any atom is -0.398 e.